The summed E-state index contributed by atoms with van der Waals surface area (Å²) in [5, 5.41) is 0. The minimum atomic E-state index is 0.0382. The second-order valence-electron chi connectivity index (χ2n) is 3.52. The predicted octanol–water partition coefficient (Wildman–Crippen LogP) is 2.25. The van der Waals surface area contributed by atoms with Crippen molar-refractivity contribution < 1.29 is 9.47 Å². The smallest absolute Gasteiger partial charge is 0.124 e. The maximum Gasteiger partial charge on any atom is 0.124 e. The summed E-state index contributed by atoms with van der Waals surface area (Å²) in [4.78, 5) is 0. The molecule has 0 bridgehead atoms. The molecular formula is C12H19NO2. The van der Waals surface area contributed by atoms with Crippen LogP contribution >= 0.6 is 0 Å². The van der Waals surface area contributed by atoms with Crippen molar-refractivity contribution in [2.75, 3.05) is 13.7 Å². The molecule has 0 radical (unpaired) electrons. The van der Waals surface area contributed by atoms with Gasteiger partial charge in [0.1, 0.15) is 5.75 Å². The summed E-state index contributed by atoms with van der Waals surface area (Å²) in [6.45, 7) is 5.15. The molecule has 2 N–H and O–H groups in total. The first-order valence-electron chi connectivity index (χ1n) is 5.19. The molecule has 1 rings (SSSR count). The van der Waals surface area contributed by atoms with Crippen molar-refractivity contribution in [3.05, 3.63) is 29.3 Å². The molecule has 15 heavy (non-hydrogen) atoms. The second-order valence-corrected chi connectivity index (χ2v) is 3.52. The third-order valence-corrected chi connectivity index (χ3v) is 2.21. The van der Waals surface area contributed by atoms with Crippen molar-refractivity contribution in [1.29, 1.82) is 0 Å². The Kier molecular flexibility index (Phi) is 4.59. The summed E-state index contributed by atoms with van der Waals surface area (Å²) < 4.78 is 10.6. The van der Waals surface area contributed by atoms with Crippen LogP contribution in [0.25, 0.3) is 0 Å². The summed E-state index contributed by atoms with van der Waals surface area (Å²) in [5.41, 5.74) is 7.97. The zero-order valence-corrected chi connectivity index (χ0v) is 9.62. The Hall–Kier alpha value is -1.06. The molecule has 3 nitrogen and oxygen atoms in total. The Morgan fingerprint density at radius 1 is 1.40 bits per heavy atom. The monoisotopic (exact) mass is 209 g/mol. The summed E-state index contributed by atoms with van der Waals surface area (Å²) in [5.74, 6) is 0.878. The number of ether oxygens (including phenoxy) is 2. The number of benzene rings is 1. The van der Waals surface area contributed by atoms with Crippen molar-refractivity contribution in [1.82, 2.24) is 0 Å². The maximum absolute atomic E-state index is 5.82. The molecule has 1 aromatic carbocycles. The van der Waals surface area contributed by atoms with E-state index in [0.717, 1.165) is 16.9 Å². The minimum Gasteiger partial charge on any atom is -0.494 e. The molecule has 1 unspecified atom stereocenters. The molecular weight excluding hydrogens is 190 g/mol. The van der Waals surface area contributed by atoms with E-state index < -0.39 is 0 Å². The first-order chi connectivity index (χ1) is 7.19. The van der Waals surface area contributed by atoms with Gasteiger partial charge in [-0.3, -0.25) is 0 Å². The Morgan fingerprint density at radius 3 is 2.67 bits per heavy atom. The van der Waals surface area contributed by atoms with Crippen LogP contribution in [-0.4, -0.2) is 13.7 Å². The lowest BCUT2D eigenvalue weighted by atomic mass is 10.1. The van der Waals surface area contributed by atoms with Crippen molar-refractivity contribution in [2.45, 2.75) is 26.5 Å². The molecule has 1 atom stereocenters. The number of rotatable bonds is 5. The fraction of sp³-hybridized carbons (Fsp3) is 0.500. The molecule has 3 heteroatoms. The normalized spacial score (nSPS) is 12.5. The standard InChI is InChI=1S/C12H19NO2/c1-4-15-12-6-5-10(9(2)13)7-11(12)8-14-3/h5-7,9H,4,8,13H2,1-3H3. The van der Waals surface area contributed by atoms with Gasteiger partial charge in [0.25, 0.3) is 0 Å². The van der Waals surface area contributed by atoms with Crippen LogP contribution in [0.4, 0.5) is 0 Å². The van der Waals surface area contributed by atoms with Crippen molar-refractivity contribution in [2.24, 2.45) is 5.73 Å². The van der Waals surface area contributed by atoms with Gasteiger partial charge in [-0.15, -0.1) is 0 Å². The predicted molar refractivity (Wildman–Crippen MR) is 60.9 cm³/mol. The highest BCUT2D eigenvalue weighted by molar-refractivity contribution is 5.37. The Balaban J connectivity index is 2.97. The maximum atomic E-state index is 5.82. The molecule has 0 saturated heterocycles. The highest BCUT2D eigenvalue weighted by Gasteiger charge is 2.06. The lowest BCUT2D eigenvalue weighted by molar-refractivity contribution is 0.180. The van der Waals surface area contributed by atoms with Gasteiger partial charge in [-0.2, -0.15) is 0 Å². The number of methoxy groups -OCH3 is 1. The molecule has 84 valence electrons. The summed E-state index contributed by atoms with van der Waals surface area (Å²) >= 11 is 0. The van der Waals surface area contributed by atoms with Crippen LogP contribution < -0.4 is 10.5 Å². The molecule has 0 aromatic heterocycles. The van der Waals surface area contributed by atoms with E-state index in [4.69, 9.17) is 15.2 Å². The van der Waals surface area contributed by atoms with Gasteiger partial charge in [0.2, 0.25) is 0 Å². The van der Waals surface area contributed by atoms with E-state index in [0.29, 0.717) is 13.2 Å². The average Bonchev–Trinajstić information content (AvgIpc) is 2.21. The van der Waals surface area contributed by atoms with Gasteiger partial charge in [-0.25, -0.2) is 0 Å². The second kappa shape index (κ2) is 5.73. The van der Waals surface area contributed by atoms with Gasteiger partial charge in [-0.05, 0) is 31.5 Å². The van der Waals surface area contributed by atoms with E-state index in [1.807, 2.05) is 32.0 Å². The number of nitrogens with two attached hydrogens (primary N) is 1. The molecule has 0 heterocycles. The van der Waals surface area contributed by atoms with E-state index in [9.17, 15) is 0 Å². The lowest BCUT2D eigenvalue weighted by Gasteiger charge is -2.13. The van der Waals surface area contributed by atoms with Gasteiger partial charge >= 0.3 is 0 Å². The average molecular weight is 209 g/mol. The van der Waals surface area contributed by atoms with Crippen LogP contribution in [0.2, 0.25) is 0 Å². The highest BCUT2D eigenvalue weighted by Crippen LogP contribution is 2.23. The lowest BCUT2D eigenvalue weighted by Crippen LogP contribution is -2.06. The van der Waals surface area contributed by atoms with Crippen LogP contribution in [0.15, 0.2) is 18.2 Å². The van der Waals surface area contributed by atoms with Crippen molar-refractivity contribution in [3.63, 3.8) is 0 Å². The Morgan fingerprint density at radius 2 is 2.13 bits per heavy atom. The third-order valence-electron chi connectivity index (χ3n) is 2.21. The van der Waals surface area contributed by atoms with Crippen LogP contribution in [-0.2, 0) is 11.3 Å². The van der Waals surface area contributed by atoms with Crippen LogP contribution in [0.5, 0.6) is 5.75 Å². The van der Waals surface area contributed by atoms with Gasteiger partial charge < -0.3 is 15.2 Å². The number of hydrogen-bond donors (Lipinski definition) is 1. The van der Waals surface area contributed by atoms with E-state index in [-0.39, 0.29) is 6.04 Å². The first kappa shape index (κ1) is 12.0. The van der Waals surface area contributed by atoms with Gasteiger partial charge in [0, 0.05) is 18.7 Å². The molecule has 0 aliphatic rings. The Labute approximate surface area is 91.2 Å². The third kappa shape index (κ3) is 3.22. The number of hydrogen-bond acceptors (Lipinski definition) is 3. The highest BCUT2D eigenvalue weighted by atomic mass is 16.5. The van der Waals surface area contributed by atoms with Crippen LogP contribution in [0, 0.1) is 0 Å². The Bertz CT molecular complexity index is 310. The zero-order chi connectivity index (χ0) is 11.3. The molecule has 0 saturated carbocycles. The van der Waals surface area contributed by atoms with E-state index in [2.05, 4.69) is 0 Å². The SMILES string of the molecule is CCOc1ccc(C(C)N)cc1COC. The quantitative estimate of drug-likeness (QED) is 0.809. The van der Waals surface area contributed by atoms with Crippen molar-refractivity contribution >= 4 is 0 Å². The van der Waals surface area contributed by atoms with E-state index in [1.165, 1.54) is 0 Å². The summed E-state index contributed by atoms with van der Waals surface area (Å²) in [7, 11) is 1.67. The fourth-order valence-electron chi connectivity index (χ4n) is 1.45. The molecule has 0 aliphatic carbocycles. The summed E-state index contributed by atoms with van der Waals surface area (Å²) in [6.07, 6.45) is 0. The van der Waals surface area contributed by atoms with Gasteiger partial charge in [0.15, 0.2) is 0 Å². The van der Waals surface area contributed by atoms with Gasteiger partial charge in [-0.1, -0.05) is 6.07 Å². The molecule has 0 fully saturated rings. The van der Waals surface area contributed by atoms with E-state index >= 15 is 0 Å². The molecule has 1 aromatic rings. The zero-order valence-electron chi connectivity index (χ0n) is 9.62. The first-order valence-corrected chi connectivity index (χ1v) is 5.19. The van der Waals surface area contributed by atoms with Crippen LogP contribution in [0.1, 0.15) is 31.0 Å². The molecule has 0 spiro atoms. The molecule has 0 amide bonds. The van der Waals surface area contributed by atoms with Gasteiger partial charge in [0.05, 0.1) is 13.2 Å². The largest absolute Gasteiger partial charge is 0.494 e. The molecule has 0 aliphatic heterocycles. The topological polar surface area (TPSA) is 44.5 Å². The fourth-order valence-corrected chi connectivity index (χ4v) is 1.45. The minimum absolute atomic E-state index is 0.0382. The van der Waals surface area contributed by atoms with Crippen molar-refractivity contribution in [3.8, 4) is 5.75 Å². The van der Waals surface area contributed by atoms with Crippen LogP contribution in [0.3, 0.4) is 0 Å². The summed E-state index contributed by atoms with van der Waals surface area (Å²) in [6, 6.07) is 6.03. The van der Waals surface area contributed by atoms with E-state index in [1.54, 1.807) is 7.11 Å².